The molecule has 1 rings (SSSR count). The summed E-state index contributed by atoms with van der Waals surface area (Å²) >= 11 is 0. The molecule has 0 amide bonds. The Labute approximate surface area is 121 Å². The molecule has 0 unspecified atom stereocenters. The molecular formula is C12H17F3N2O3S. The number of sulfonamides is 1. The Balaban J connectivity index is 2.86. The van der Waals surface area contributed by atoms with Crippen molar-refractivity contribution in [3.05, 3.63) is 17.7 Å². The van der Waals surface area contributed by atoms with Crippen molar-refractivity contribution in [3.8, 4) is 5.75 Å². The van der Waals surface area contributed by atoms with E-state index in [1.807, 2.05) is 0 Å². The molecular weight excluding hydrogens is 309 g/mol. The topological polar surface area (TPSA) is 81.4 Å². The highest BCUT2D eigenvalue weighted by molar-refractivity contribution is 7.89. The van der Waals surface area contributed by atoms with Gasteiger partial charge >= 0.3 is 6.18 Å². The lowest BCUT2D eigenvalue weighted by molar-refractivity contribution is -0.135. The first kappa shape index (κ1) is 17.6. The Morgan fingerprint density at radius 3 is 2.48 bits per heavy atom. The van der Waals surface area contributed by atoms with Gasteiger partial charge in [0, 0.05) is 18.7 Å². The van der Waals surface area contributed by atoms with Crippen LogP contribution in [-0.4, -0.2) is 28.2 Å². The van der Waals surface area contributed by atoms with E-state index in [0.29, 0.717) is 5.56 Å². The zero-order chi connectivity index (χ0) is 16.3. The van der Waals surface area contributed by atoms with Crippen molar-refractivity contribution in [2.24, 2.45) is 0 Å². The Morgan fingerprint density at radius 2 is 1.95 bits per heavy atom. The maximum Gasteiger partial charge on any atom is 0.389 e. The van der Waals surface area contributed by atoms with Crippen LogP contribution in [0.3, 0.4) is 0 Å². The van der Waals surface area contributed by atoms with Crippen molar-refractivity contribution >= 4 is 15.7 Å². The highest BCUT2D eigenvalue weighted by Crippen LogP contribution is 2.28. The average Bonchev–Trinajstić information content (AvgIpc) is 2.36. The second-order valence-corrected chi connectivity index (χ2v) is 6.21. The van der Waals surface area contributed by atoms with Gasteiger partial charge < -0.3 is 10.5 Å². The predicted octanol–water partition coefficient (Wildman–Crippen LogP) is 2.21. The molecule has 1 aromatic carbocycles. The van der Waals surface area contributed by atoms with Crippen LogP contribution in [0.2, 0.25) is 0 Å². The van der Waals surface area contributed by atoms with Crippen molar-refractivity contribution in [1.82, 2.24) is 4.72 Å². The Morgan fingerprint density at radius 1 is 1.33 bits per heavy atom. The minimum absolute atomic E-state index is 0.0880. The number of ether oxygens (including phenoxy) is 1. The van der Waals surface area contributed by atoms with Crippen molar-refractivity contribution in [3.63, 3.8) is 0 Å². The zero-order valence-corrected chi connectivity index (χ0v) is 12.4. The Bertz CT molecular complexity index is 601. The number of nitrogens with two attached hydrogens (primary N) is 1. The molecule has 0 fully saturated rings. The molecule has 0 spiro atoms. The van der Waals surface area contributed by atoms with Crippen LogP contribution in [-0.2, 0) is 10.0 Å². The molecule has 5 nitrogen and oxygen atoms in total. The lowest BCUT2D eigenvalue weighted by Gasteiger charge is -2.13. The van der Waals surface area contributed by atoms with E-state index in [1.165, 1.54) is 19.2 Å². The highest BCUT2D eigenvalue weighted by atomic mass is 32.2. The van der Waals surface area contributed by atoms with E-state index in [-0.39, 0.29) is 29.3 Å². The summed E-state index contributed by atoms with van der Waals surface area (Å²) in [7, 11) is -2.68. The summed E-state index contributed by atoms with van der Waals surface area (Å²) in [6, 6.07) is 2.68. The number of benzene rings is 1. The average molecular weight is 326 g/mol. The van der Waals surface area contributed by atoms with Gasteiger partial charge in [0.15, 0.2) is 0 Å². The van der Waals surface area contributed by atoms with Gasteiger partial charge in [-0.2, -0.15) is 13.2 Å². The molecule has 0 atom stereocenters. The minimum Gasteiger partial charge on any atom is -0.495 e. The number of methoxy groups -OCH3 is 1. The van der Waals surface area contributed by atoms with E-state index in [4.69, 9.17) is 10.5 Å². The molecule has 9 heteroatoms. The molecule has 3 N–H and O–H groups in total. The summed E-state index contributed by atoms with van der Waals surface area (Å²) in [5.41, 5.74) is 6.55. The molecule has 0 aliphatic carbocycles. The van der Waals surface area contributed by atoms with Crippen LogP contribution in [0.15, 0.2) is 17.0 Å². The molecule has 0 radical (unpaired) electrons. The Hall–Kier alpha value is -1.48. The second-order valence-electron chi connectivity index (χ2n) is 4.48. The molecule has 120 valence electrons. The predicted molar refractivity (Wildman–Crippen MR) is 72.6 cm³/mol. The molecule has 0 aliphatic rings. The largest absolute Gasteiger partial charge is 0.495 e. The van der Waals surface area contributed by atoms with Gasteiger partial charge in [-0.25, -0.2) is 13.1 Å². The van der Waals surface area contributed by atoms with Gasteiger partial charge in [-0.3, -0.25) is 0 Å². The van der Waals surface area contributed by atoms with Crippen molar-refractivity contribution < 1.29 is 26.3 Å². The van der Waals surface area contributed by atoms with Crippen molar-refractivity contribution in [2.75, 3.05) is 19.4 Å². The number of halogens is 3. The number of nitrogen functional groups attached to an aromatic ring is 1. The fourth-order valence-electron chi connectivity index (χ4n) is 1.62. The smallest absolute Gasteiger partial charge is 0.389 e. The standard InChI is InChI=1S/C12H17F3N2O3S/c1-8-6-10(20-2)11(7-9(8)16)21(18,19)17-5-3-4-12(13,14)15/h6-7,17H,3-5,16H2,1-2H3. The molecule has 0 aliphatic heterocycles. The second kappa shape index (κ2) is 6.52. The van der Waals surface area contributed by atoms with E-state index in [0.717, 1.165) is 0 Å². The van der Waals surface area contributed by atoms with Gasteiger partial charge in [-0.1, -0.05) is 0 Å². The number of anilines is 1. The normalized spacial score (nSPS) is 12.4. The number of alkyl halides is 3. The van der Waals surface area contributed by atoms with Crippen LogP contribution in [0.4, 0.5) is 18.9 Å². The van der Waals surface area contributed by atoms with E-state index in [1.54, 1.807) is 6.92 Å². The summed E-state index contributed by atoms with van der Waals surface area (Å²) in [6.45, 7) is 1.36. The summed E-state index contributed by atoms with van der Waals surface area (Å²) in [5.74, 6) is 0.0880. The van der Waals surface area contributed by atoms with E-state index in [9.17, 15) is 21.6 Å². The molecule has 0 heterocycles. The molecule has 1 aromatic rings. The van der Waals surface area contributed by atoms with Crippen LogP contribution in [0, 0.1) is 6.92 Å². The van der Waals surface area contributed by atoms with Crippen molar-refractivity contribution in [2.45, 2.75) is 30.8 Å². The molecule has 21 heavy (non-hydrogen) atoms. The van der Waals surface area contributed by atoms with Crippen LogP contribution in [0.25, 0.3) is 0 Å². The first-order chi connectivity index (χ1) is 9.57. The summed E-state index contributed by atoms with van der Waals surface area (Å²) in [4.78, 5) is -0.194. The summed E-state index contributed by atoms with van der Waals surface area (Å²) in [6.07, 6.45) is -5.70. The Kier molecular flexibility index (Phi) is 5.46. The quantitative estimate of drug-likeness (QED) is 0.620. The van der Waals surface area contributed by atoms with Crippen LogP contribution < -0.4 is 15.2 Å². The number of hydrogen-bond acceptors (Lipinski definition) is 4. The number of rotatable bonds is 6. The van der Waals surface area contributed by atoms with Gasteiger partial charge in [0.2, 0.25) is 10.0 Å². The van der Waals surface area contributed by atoms with Crippen molar-refractivity contribution in [1.29, 1.82) is 0 Å². The van der Waals surface area contributed by atoms with E-state index in [2.05, 4.69) is 4.72 Å². The third-order valence-electron chi connectivity index (χ3n) is 2.77. The van der Waals surface area contributed by atoms with Crippen LogP contribution >= 0.6 is 0 Å². The van der Waals surface area contributed by atoms with Gasteiger partial charge in [0.05, 0.1) is 7.11 Å². The first-order valence-electron chi connectivity index (χ1n) is 6.07. The molecule has 0 bridgehead atoms. The van der Waals surface area contributed by atoms with E-state index >= 15 is 0 Å². The highest BCUT2D eigenvalue weighted by Gasteiger charge is 2.27. The van der Waals surface area contributed by atoms with Crippen LogP contribution in [0.5, 0.6) is 5.75 Å². The third kappa shape index (κ3) is 5.09. The van der Waals surface area contributed by atoms with Gasteiger partial charge in [-0.15, -0.1) is 0 Å². The first-order valence-corrected chi connectivity index (χ1v) is 7.55. The molecule has 0 aromatic heterocycles. The molecule has 0 saturated carbocycles. The van der Waals surface area contributed by atoms with Gasteiger partial charge in [0.1, 0.15) is 10.6 Å². The SMILES string of the molecule is COc1cc(C)c(N)cc1S(=O)(=O)NCCCC(F)(F)F. The van der Waals surface area contributed by atoms with Gasteiger partial charge in [0.25, 0.3) is 0 Å². The lowest BCUT2D eigenvalue weighted by atomic mass is 10.2. The third-order valence-corrected chi connectivity index (χ3v) is 4.25. The fourth-order valence-corrected chi connectivity index (χ4v) is 2.88. The fraction of sp³-hybridized carbons (Fsp3) is 0.500. The van der Waals surface area contributed by atoms with Crippen LogP contribution in [0.1, 0.15) is 18.4 Å². The summed E-state index contributed by atoms with van der Waals surface area (Å²) < 4.78 is 67.2. The maximum atomic E-state index is 12.1. The lowest BCUT2D eigenvalue weighted by Crippen LogP contribution is -2.26. The van der Waals surface area contributed by atoms with Gasteiger partial charge in [-0.05, 0) is 31.0 Å². The minimum atomic E-state index is -4.31. The number of hydrogen-bond donors (Lipinski definition) is 2. The van der Waals surface area contributed by atoms with E-state index < -0.39 is 22.6 Å². The maximum absolute atomic E-state index is 12.1. The molecule has 0 saturated heterocycles. The number of aryl methyl sites for hydroxylation is 1. The number of nitrogens with one attached hydrogen (secondary N) is 1. The monoisotopic (exact) mass is 326 g/mol. The zero-order valence-electron chi connectivity index (χ0n) is 11.6. The summed E-state index contributed by atoms with van der Waals surface area (Å²) in [5, 5.41) is 0.